The second-order valence-corrected chi connectivity index (χ2v) is 4.59. The molecule has 1 heterocycles. The Morgan fingerprint density at radius 1 is 1.15 bits per heavy atom. The van der Waals surface area contributed by atoms with E-state index in [1.807, 2.05) is 6.34 Å². The van der Waals surface area contributed by atoms with Crippen LogP contribution in [0.15, 0.2) is 29.3 Å². The zero-order valence-electron chi connectivity index (χ0n) is 8.44. The molecular formula is C11H16N2. The van der Waals surface area contributed by atoms with Gasteiger partial charge in [-0.05, 0) is 20.8 Å². The molecule has 0 fully saturated rings. The summed E-state index contributed by atoms with van der Waals surface area (Å²) in [6, 6.07) is 0.772. The maximum Gasteiger partial charge on any atom is 0.0940 e. The van der Waals surface area contributed by atoms with Gasteiger partial charge in [0, 0.05) is 5.54 Å². The van der Waals surface area contributed by atoms with Gasteiger partial charge < -0.3 is 4.90 Å². The number of nitrogens with zero attached hydrogens (tertiary/aromatic N) is 2. The van der Waals surface area contributed by atoms with Crippen molar-refractivity contribution < 1.29 is 0 Å². The molecule has 0 saturated carbocycles. The van der Waals surface area contributed by atoms with Gasteiger partial charge in [-0.1, -0.05) is 24.3 Å². The summed E-state index contributed by atoms with van der Waals surface area (Å²) in [6.45, 7) is 6.65. The number of aliphatic imine (C=N–C) groups is 1. The van der Waals surface area contributed by atoms with E-state index in [-0.39, 0.29) is 5.54 Å². The molecule has 1 aliphatic heterocycles. The fourth-order valence-corrected chi connectivity index (χ4v) is 1.83. The molecule has 0 radical (unpaired) electrons. The van der Waals surface area contributed by atoms with E-state index in [1.54, 1.807) is 0 Å². The zero-order valence-corrected chi connectivity index (χ0v) is 8.44. The Morgan fingerprint density at radius 3 is 2.54 bits per heavy atom. The lowest BCUT2D eigenvalue weighted by Crippen LogP contribution is -2.46. The monoisotopic (exact) mass is 176 g/mol. The maximum atomic E-state index is 4.47. The van der Waals surface area contributed by atoms with Gasteiger partial charge in [-0.3, -0.25) is 4.99 Å². The van der Waals surface area contributed by atoms with E-state index in [4.69, 9.17) is 0 Å². The molecule has 2 aliphatic rings. The molecule has 2 atom stereocenters. The fraction of sp³-hybridized carbons (Fsp3) is 0.545. The molecule has 2 unspecified atom stereocenters. The van der Waals surface area contributed by atoms with Gasteiger partial charge in [-0.15, -0.1) is 0 Å². The van der Waals surface area contributed by atoms with Crippen molar-refractivity contribution in [3.63, 3.8) is 0 Å². The molecule has 1 aliphatic carbocycles. The van der Waals surface area contributed by atoms with Crippen molar-refractivity contribution in [3.05, 3.63) is 24.3 Å². The van der Waals surface area contributed by atoms with Crippen LogP contribution in [0.25, 0.3) is 0 Å². The highest BCUT2D eigenvalue weighted by Gasteiger charge is 2.34. The van der Waals surface area contributed by atoms with E-state index in [2.05, 4.69) is 55.0 Å². The molecule has 2 heteroatoms. The summed E-state index contributed by atoms with van der Waals surface area (Å²) in [5, 5.41) is 0. The van der Waals surface area contributed by atoms with Gasteiger partial charge in [0.2, 0.25) is 0 Å². The quantitative estimate of drug-likeness (QED) is 0.551. The predicted molar refractivity (Wildman–Crippen MR) is 55.9 cm³/mol. The van der Waals surface area contributed by atoms with Gasteiger partial charge in [-0.2, -0.15) is 0 Å². The third kappa shape index (κ3) is 1.41. The minimum absolute atomic E-state index is 0.165. The van der Waals surface area contributed by atoms with Crippen LogP contribution in [0.4, 0.5) is 0 Å². The SMILES string of the molecule is CC(C)(C)N1C=NC2C=CC=CC21. The molecule has 0 spiro atoms. The second-order valence-electron chi connectivity index (χ2n) is 4.59. The Hall–Kier alpha value is -1.05. The first-order valence-corrected chi connectivity index (χ1v) is 4.76. The van der Waals surface area contributed by atoms with Crippen LogP contribution in [0.1, 0.15) is 20.8 Å². The number of hydrogen-bond donors (Lipinski definition) is 0. The Morgan fingerprint density at radius 2 is 1.85 bits per heavy atom. The molecule has 0 amide bonds. The van der Waals surface area contributed by atoms with Crippen LogP contribution in [-0.2, 0) is 0 Å². The fourth-order valence-electron chi connectivity index (χ4n) is 1.83. The highest BCUT2D eigenvalue weighted by molar-refractivity contribution is 5.62. The van der Waals surface area contributed by atoms with Crippen molar-refractivity contribution in [3.8, 4) is 0 Å². The number of allylic oxidation sites excluding steroid dienone is 2. The Bertz CT molecular complexity index is 281. The molecule has 0 N–H and O–H groups in total. The van der Waals surface area contributed by atoms with Gasteiger partial charge in [0.05, 0.1) is 18.4 Å². The van der Waals surface area contributed by atoms with Crippen LogP contribution in [0, 0.1) is 0 Å². The zero-order chi connectivity index (χ0) is 9.47. The number of fused-ring (bicyclic) bond motifs is 1. The van der Waals surface area contributed by atoms with Crippen LogP contribution in [0.2, 0.25) is 0 Å². The molecule has 13 heavy (non-hydrogen) atoms. The summed E-state index contributed by atoms with van der Waals surface area (Å²) in [5.74, 6) is 0. The van der Waals surface area contributed by atoms with E-state index < -0.39 is 0 Å². The summed E-state index contributed by atoms with van der Waals surface area (Å²) in [5.41, 5.74) is 0.165. The summed E-state index contributed by atoms with van der Waals surface area (Å²) in [4.78, 5) is 6.79. The smallest absolute Gasteiger partial charge is 0.0940 e. The van der Waals surface area contributed by atoms with E-state index in [0.29, 0.717) is 12.1 Å². The summed E-state index contributed by atoms with van der Waals surface area (Å²) in [7, 11) is 0. The minimum Gasteiger partial charge on any atom is -0.349 e. The average molecular weight is 176 g/mol. The lowest BCUT2D eigenvalue weighted by molar-refractivity contribution is 0.217. The van der Waals surface area contributed by atoms with E-state index >= 15 is 0 Å². The first kappa shape index (κ1) is 8.54. The first-order valence-electron chi connectivity index (χ1n) is 4.76. The van der Waals surface area contributed by atoms with Crippen LogP contribution < -0.4 is 0 Å². The van der Waals surface area contributed by atoms with Crippen LogP contribution in [-0.4, -0.2) is 28.9 Å². The van der Waals surface area contributed by atoms with Crippen LogP contribution >= 0.6 is 0 Å². The number of hydrogen-bond acceptors (Lipinski definition) is 2. The molecule has 0 bridgehead atoms. The second kappa shape index (κ2) is 2.72. The molecular weight excluding hydrogens is 160 g/mol. The predicted octanol–water partition coefficient (Wildman–Crippen LogP) is 1.99. The van der Waals surface area contributed by atoms with Crippen LogP contribution in [0.5, 0.6) is 0 Å². The molecule has 0 aromatic rings. The lowest BCUT2D eigenvalue weighted by Gasteiger charge is -2.37. The van der Waals surface area contributed by atoms with E-state index in [9.17, 15) is 0 Å². The third-order valence-electron chi connectivity index (χ3n) is 2.54. The summed E-state index contributed by atoms with van der Waals surface area (Å²) < 4.78 is 0. The summed E-state index contributed by atoms with van der Waals surface area (Å²) >= 11 is 0. The lowest BCUT2D eigenvalue weighted by atomic mass is 9.98. The molecule has 0 aromatic heterocycles. The van der Waals surface area contributed by atoms with Crippen molar-refractivity contribution in [1.82, 2.24) is 4.90 Å². The van der Waals surface area contributed by atoms with Crippen LogP contribution in [0.3, 0.4) is 0 Å². The van der Waals surface area contributed by atoms with Crippen molar-refractivity contribution >= 4 is 6.34 Å². The largest absolute Gasteiger partial charge is 0.349 e. The molecule has 70 valence electrons. The molecule has 0 aromatic carbocycles. The first-order chi connectivity index (χ1) is 6.09. The van der Waals surface area contributed by atoms with Crippen molar-refractivity contribution in [2.45, 2.75) is 38.4 Å². The maximum absolute atomic E-state index is 4.47. The van der Waals surface area contributed by atoms with Crippen molar-refractivity contribution in [2.75, 3.05) is 0 Å². The number of rotatable bonds is 0. The van der Waals surface area contributed by atoms with Gasteiger partial charge in [0.1, 0.15) is 0 Å². The van der Waals surface area contributed by atoms with Gasteiger partial charge in [0.25, 0.3) is 0 Å². The van der Waals surface area contributed by atoms with Crippen molar-refractivity contribution in [1.29, 1.82) is 0 Å². The van der Waals surface area contributed by atoms with Crippen molar-refractivity contribution in [2.24, 2.45) is 4.99 Å². The highest BCUT2D eigenvalue weighted by atomic mass is 15.3. The molecule has 2 nitrogen and oxygen atoms in total. The van der Waals surface area contributed by atoms with Gasteiger partial charge in [0.15, 0.2) is 0 Å². The van der Waals surface area contributed by atoms with E-state index in [0.717, 1.165) is 0 Å². The topological polar surface area (TPSA) is 15.6 Å². The highest BCUT2D eigenvalue weighted by Crippen LogP contribution is 2.26. The van der Waals surface area contributed by atoms with Gasteiger partial charge in [-0.25, -0.2) is 0 Å². The Labute approximate surface area is 79.7 Å². The average Bonchev–Trinajstić information content (AvgIpc) is 2.45. The molecule has 0 saturated heterocycles. The standard InChI is InChI=1S/C11H16N2/c1-11(2,3)13-8-12-9-6-4-5-7-10(9)13/h4-10H,1-3H3. The Kier molecular flexibility index (Phi) is 1.79. The normalized spacial score (nSPS) is 31.2. The van der Waals surface area contributed by atoms with E-state index in [1.165, 1.54) is 0 Å². The molecule has 2 rings (SSSR count). The third-order valence-corrected chi connectivity index (χ3v) is 2.54. The van der Waals surface area contributed by atoms with Gasteiger partial charge >= 0.3 is 0 Å². The summed E-state index contributed by atoms with van der Waals surface area (Å²) in [6.07, 6.45) is 10.5. The minimum atomic E-state index is 0.165. The Balaban J connectivity index is 2.23.